The smallest absolute Gasteiger partial charge is 0.331 e. The third kappa shape index (κ3) is 4.84. The molecular formula is C29H30F2N4O3. The number of ether oxygens (including phenoxy) is 1. The number of benzene rings is 3. The number of halogens is 2. The van der Waals surface area contributed by atoms with Gasteiger partial charge < -0.3 is 15.3 Å². The van der Waals surface area contributed by atoms with Crippen LogP contribution in [-0.2, 0) is 6.05 Å². The van der Waals surface area contributed by atoms with Gasteiger partial charge >= 0.3 is 6.05 Å². The summed E-state index contributed by atoms with van der Waals surface area (Å²) < 4.78 is 35.2. The van der Waals surface area contributed by atoms with Crippen LogP contribution in [-0.4, -0.2) is 46.9 Å². The van der Waals surface area contributed by atoms with Gasteiger partial charge in [0.25, 0.3) is 5.91 Å². The molecule has 2 N–H and O–H groups in total. The minimum absolute atomic E-state index is 0.103. The van der Waals surface area contributed by atoms with E-state index in [1.54, 1.807) is 26.2 Å². The number of carbonyl (C=O) groups excluding carboxylic acids is 1. The Morgan fingerprint density at radius 2 is 1.68 bits per heavy atom. The van der Waals surface area contributed by atoms with Crippen molar-refractivity contribution < 1.29 is 23.5 Å². The fourth-order valence-corrected chi connectivity index (χ4v) is 4.48. The molecule has 0 saturated carbocycles. The van der Waals surface area contributed by atoms with Crippen molar-refractivity contribution in [3.63, 3.8) is 0 Å². The van der Waals surface area contributed by atoms with Crippen LogP contribution >= 0.6 is 0 Å². The summed E-state index contributed by atoms with van der Waals surface area (Å²) in [4.78, 5) is 18.4. The summed E-state index contributed by atoms with van der Waals surface area (Å²) in [6.45, 7) is 5.62. The Balaban J connectivity index is 1.71. The largest absolute Gasteiger partial charge is 0.496 e. The monoisotopic (exact) mass is 520 g/mol. The Labute approximate surface area is 220 Å². The summed E-state index contributed by atoms with van der Waals surface area (Å²) in [6, 6.07) is 13.6. The van der Waals surface area contributed by atoms with Crippen LogP contribution in [0.15, 0.2) is 60.7 Å². The zero-order valence-corrected chi connectivity index (χ0v) is 22.1. The van der Waals surface area contributed by atoms with Crippen molar-refractivity contribution in [2.75, 3.05) is 26.5 Å². The van der Waals surface area contributed by atoms with E-state index in [1.165, 1.54) is 38.4 Å². The topological polar surface area (TPSA) is 79.6 Å². The Hall–Kier alpha value is -4.24. The van der Waals surface area contributed by atoms with E-state index in [-0.39, 0.29) is 28.5 Å². The average Bonchev–Trinajstić information content (AvgIpc) is 3.17. The number of aromatic nitrogens is 2. The highest BCUT2D eigenvalue weighted by Gasteiger charge is 2.34. The number of rotatable bonds is 7. The van der Waals surface area contributed by atoms with Crippen LogP contribution in [0.2, 0.25) is 0 Å². The van der Waals surface area contributed by atoms with Gasteiger partial charge in [0, 0.05) is 22.4 Å². The van der Waals surface area contributed by atoms with Crippen LogP contribution in [0, 0.1) is 20.8 Å². The fourth-order valence-electron chi connectivity index (χ4n) is 4.48. The van der Waals surface area contributed by atoms with Crippen LogP contribution < -0.4 is 10.1 Å². The second-order valence-corrected chi connectivity index (χ2v) is 9.33. The van der Waals surface area contributed by atoms with Gasteiger partial charge in [-0.05, 0) is 81.9 Å². The van der Waals surface area contributed by atoms with Crippen molar-refractivity contribution in [2.45, 2.75) is 26.8 Å². The molecule has 0 aliphatic rings. The standard InChI is InChI=1S/C29H30F2N4O3/c1-17-9-7-10-18(2)25(17)23-15-20(13-14-24(23)38-6)27-32-19(3)26(35(27)37)28(36)33-22-12-8-11-21(16-22)29(30,31)34(4)5/h7-16,37H,1-6H3,(H,33,36). The van der Waals surface area contributed by atoms with Crippen LogP contribution in [0.25, 0.3) is 22.5 Å². The van der Waals surface area contributed by atoms with E-state index >= 15 is 0 Å². The zero-order chi connectivity index (χ0) is 27.8. The lowest BCUT2D eigenvalue weighted by molar-refractivity contribution is -0.130. The van der Waals surface area contributed by atoms with Gasteiger partial charge in [0.1, 0.15) is 5.75 Å². The van der Waals surface area contributed by atoms with Crippen LogP contribution in [0.5, 0.6) is 5.75 Å². The van der Waals surface area contributed by atoms with E-state index in [2.05, 4.69) is 10.3 Å². The molecule has 9 heteroatoms. The quantitative estimate of drug-likeness (QED) is 0.222. The molecule has 198 valence electrons. The highest BCUT2D eigenvalue weighted by molar-refractivity contribution is 6.04. The number of imidazole rings is 1. The van der Waals surface area contributed by atoms with Crippen molar-refractivity contribution in [3.8, 4) is 28.3 Å². The molecule has 0 fully saturated rings. The van der Waals surface area contributed by atoms with Crippen molar-refractivity contribution in [1.29, 1.82) is 0 Å². The molecule has 0 atom stereocenters. The number of carbonyl (C=O) groups is 1. The van der Waals surface area contributed by atoms with Crippen LogP contribution in [0.3, 0.4) is 0 Å². The molecule has 4 aromatic rings. The van der Waals surface area contributed by atoms with E-state index in [0.29, 0.717) is 11.3 Å². The molecule has 4 rings (SSSR count). The summed E-state index contributed by atoms with van der Waals surface area (Å²) >= 11 is 0. The van der Waals surface area contributed by atoms with Gasteiger partial charge in [-0.25, -0.2) is 9.88 Å². The number of nitrogens with zero attached hydrogens (tertiary/aromatic N) is 3. The van der Waals surface area contributed by atoms with E-state index in [1.807, 2.05) is 38.1 Å². The minimum atomic E-state index is -3.22. The van der Waals surface area contributed by atoms with Gasteiger partial charge in [0.05, 0.1) is 12.8 Å². The summed E-state index contributed by atoms with van der Waals surface area (Å²) in [5.41, 5.74) is 4.59. The Morgan fingerprint density at radius 3 is 2.32 bits per heavy atom. The number of hydrogen-bond donors (Lipinski definition) is 2. The minimum Gasteiger partial charge on any atom is -0.496 e. The van der Waals surface area contributed by atoms with E-state index in [9.17, 15) is 18.8 Å². The molecule has 0 aliphatic heterocycles. The SMILES string of the molecule is COc1ccc(-c2nc(C)c(C(=O)Nc3cccc(C(F)(F)N(C)C)c3)n2O)cc1-c1c(C)cccc1C. The van der Waals surface area contributed by atoms with E-state index in [0.717, 1.165) is 31.9 Å². The molecular weight excluding hydrogens is 490 g/mol. The summed E-state index contributed by atoms with van der Waals surface area (Å²) in [5, 5.41) is 13.6. The first-order chi connectivity index (χ1) is 17.9. The number of amides is 1. The third-order valence-electron chi connectivity index (χ3n) is 6.48. The normalized spacial score (nSPS) is 11.6. The van der Waals surface area contributed by atoms with Crippen LogP contribution in [0.4, 0.5) is 14.5 Å². The van der Waals surface area contributed by atoms with Crippen molar-refractivity contribution in [1.82, 2.24) is 14.6 Å². The molecule has 0 spiro atoms. The maximum Gasteiger partial charge on any atom is 0.331 e. The zero-order valence-electron chi connectivity index (χ0n) is 22.1. The number of methoxy groups -OCH3 is 1. The van der Waals surface area contributed by atoms with E-state index in [4.69, 9.17) is 4.74 Å². The molecule has 0 aliphatic carbocycles. The van der Waals surface area contributed by atoms with Crippen molar-refractivity contribution in [3.05, 3.63) is 88.7 Å². The molecule has 1 heterocycles. The summed E-state index contributed by atoms with van der Waals surface area (Å²) in [5.74, 6) is 0.138. The summed E-state index contributed by atoms with van der Waals surface area (Å²) in [6.07, 6.45) is 0. The molecule has 0 saturated heterocycles. The van der Waals surface area contributed by atoms with Gasteiger partial charge in [0.2, 0.25) is 0 Å². The first-order valence-corrected chi connectivity index (χ1v) is 12.0. The second-order valence-electron chi connectivity index (χ2n) is 9.33. The average molecular weight is 521 g/mol. The van der Waals surface area contributed by atoms with Gasteiger partial charge in [-0.2, -0.15) is 13.5 Å². The van der Waals surface area contributed by atoms with E-state index < -0.39 is 12.0 Å². The predicted molar refractivity (Wildman–Crippen MR) is 143 cm³/mol. The Bertz CT molecular complexity index is 1490. The maximum absolute atomic E-state index is 14.4. The van der Waals surface area contributed by atoms with Crippen LogP contribution in [0.1, 0.15) is 32.9 Å². The van der Waals surface area contributed by atoms with Gasteiger partial charge in [-0.3, -0.25) is 4.79 Å². The lowest BCUT2D eigenvalue weighted by atomic mass is 9.93. The highest BCUT2D eigenvalue weighted by atomic mass is 19.3. The molecule has 0 radical (unpaired) electrons. The van der Waals surface area contributed by atoms with Gasteiger partial charge in [0.15, 0.2) is 11.5 Å². The lowest BCUT2D eigenvalue weighted by Crippen LogP contribution is -2.32. The lowest BCUT2D eigenvalue weighted by Gasteiger charge is -2.24. The summed E-state index contributed by atoms with van der Waals surface area (Å²) in [7, 11) is 4.13. The van der Waals surface area contributed by atoms with Crippen molar-refractivity contribution in [2.24, 2.45) is 0 Å². The Morgan fingerprint density at radius 1 is 1.03 bits per heavy atom. The molecule has 1 amide bonds. The molecule has 0 unspecified atom stereocenters. The van der Waals surface area contributed by atoms with Gasteiger partial charge in [-0.15, -0.1) is 0 Å². The highest BCUT2D eigenvalue weighted by Crippen LogP contribution is 2.38. The third-order valence-corrected chi connectivity index (χ3v) is 6.48. The predicted octanol–water partition coefficient (Wildman–Crippen LogP) is 6.25. The first-order valence-electron chi connectivity index (χ1n) is 12.0. The number of hydrogen-bond acceptors (Lipinski definition) is 5. The molecule has 0 bridgehead atoms. The number of nitrogens with one attached hydrogen (secondary N) is 1. The second kappa shape index (κ2) is 10.3. The molecule has 7 nitrogen and oxygen atoms in total. The molecule has 38 heavy (non-hydrogen) atoms. The first kappa shape index (κ1) is 26.8. The molecule has 1 aromatic heterocycles. The number of alkyl halides is 2. The Kier molecular flexibility index (Phi) is 7.24. The van der Waals surface area contributed by atoms with Crippen molar-refractivity contribution >= 4 is 11.6 Å². The number of anilines is 1. The fraction of sp³-hybridized carbons (Fsp3) is 0.241. The molecule has 3 aromatic carbocycles. The van der Waals surface area contributed by atoms with Gasteiger partial charge in [-0.1, -0.05) is 30.3 Å². The number of aryl methyl sites for hydroxylation is 3. The maximum atomic E-state index is 14.4.